The molecule has 2 aromatic carbocycles. The number of hydrogen-bond donors (Lipinski definition) is 0. The molecule has 0 heterocycles. The van der Waals surface area contributed by atoms with Crippen LogP contribution < -0.4 is 0 Å². The van der Waals surface area contributed by atoms with Gasteiger partial charge in [0.25, 0.3) is 0 Å². The van der Waals surface area contributed by atoms with Crippen LogP contribution in [0.1, 0.15) is 33.4 Å². The molecule has 2 aromatic rings. The Hall–Kier alpha value is -1.56. The van der Waals surface area contributed by atoms with Gasteiger partial charge in [0.15, 0.2) is 0 Å². The molecule has 2 aliphatic carbocycles. The largest absolute Gasteiger partial charge is 0.0587 e. The molecule has 0 aromatic heterocycles. The Morgan fingerprint density at radius 1 is 0.444 bits per heavy atom. The van der Waals surface area contributed by atoms with Gasteiger partial charge in [0.2, 0.25) is 0 Å². The quantitative estimate of drug-likeness (QED) is 0.652. The predicted octanol–water partition coefficient (Wildman–Crippen LogP) is 3.67. The van der Waals surface area contributed by atoms with Crippen LogP contribution in [0.4, 0.5) is 0 Å². The molecule has 0 unspecified atom stereocenters. The standard InChI is InChI=1S/C18H18/c1-2-14-4-6-16-8-7-15-5-3-13(1)11-17(15)9-10-18(16)12-14/h3-6,11-12H,1-2,7-10H2. The molecule has 2 aliphatic rings. The van der Waals surface area contributed by atoms with Crippen LogP contribution in [0.5, 0.6) is 0 Å². The van der Waals surface area contributed by atoms with E-state index in [9.17, 15) is 0 Å². The molecule has 0 atom stereocenters. The van der Waals surface area contributed by atoms with Gasteiger partial charge in [-0.05, 0) is 71.9 Å². The van der Waals surface area contributed by atoms with Crippen molar-refractivity contribution in [3.8, 4) is 0 Å². The van der Waals surface area contributed by atoms with Crippen LogP contribution in [-0.4, -0.2) is 0 Å². The second-order valence-corrected chi connectivity index (χ2v) is 5.71. The van der Waals surface area contributed by atoms with Gasteiger partial charge in [-0.15, -0.1) is 0 Å². The summed E-state index contributed by atoms with van der Waals surface area (Å²) in [5, 5.41) is 0. The van der Waals surface area contributed by atoms with Crippen molar-refractivity contribution in [2.45, 2.75) is 38.5 Å². The predicted molar refractivity (Wildman–Crippen MR) is 75.1 cm³/mol. The zero-order valence-electron chi connectivity index (χ0n) is 10.7. The molecule has 0 aliphatic heterocycles. The topological polar surface area (TPSA) is 0 Å². The minimum atomic E-state index is 1.19. The van der Waals surface area contributed by atoms with Crippen molar-refractivity contribution in [3.63, 3.8) is 0 Å². The van der Waals surface area contributed by atoms with E-state index in [1.165, 1.54) is 49.7 Å². The minimum Gasteiger partial charge on any atom is -0.0587 e. The van der Waals surface area contributed by atoms with Gasteiger partial charge in [-0.3, -0.25) is 0 Å². The van der Waals surface area contributed by atoms with Crippen LogP contribution in [0.3, 0.4) is 0 Å². The SMILES string of the molecule is c1cc2c3cc1CCc1ccc(c(c1)CC3)CC2. The third kappa shape index (κ3) is 1.68. The average molecular weight is 234 g/mol. The molecule has 0 saturated heterocycles. The summed E-state index contributed by atoms with van der Waals surface area (Å²) in [6, 6.07) is 14.4. The van der Waals surface area contributed by atoms with Crippen molar-refractivity contribution in [3.05, 3.63) is 69.8 Å². The van der Waals surface area contributed by atoms with E-state index in [-0.39, 0.29) is 0 Å². The third-order valence-electron chi connectivity index (χ3n) is 4.57. The lowest BCUT2D eigenvalue weighted by Gasteiger charge is -2.20. The molecule has 0 saturated carbocycles. The molecule has 0 radical (unpaired) electrons. The first-order valence-corrected chi connectivity index (χ1v) is 7.10. The Bertz CT molecular complexity index is 552. The zero-order valence-corrected chi connectivity index (χ0v) is 10.7. The summed E-state index contributed by atoms with van der Waals surface area (Å²) in [6.07, 6.45) is 7.24. The smallest absolute Gasteiger partial charge is 0.0235 e. The van der Waals surface area contributed by atoms with Crippen LogP contribution in [0.25, 0.3) is 0 Å². The summed E-state index contributed by atoms with van der Waals surface area (Å²) in [7, 11) is 0. The first-order chi connectivity index (χ1) is 8.88. The highest BCUT2D eigenvalue weighted by atomic mass is 14.2. The van der Waals surface area contributed by atoms with Crippen molar-refractivity contribution in [1.82, 2.24) is 0 Å². The van der Waals surface area contributed by atoms with Crippen LogP contribution in [0.15, 0.2) is 36.4 Å². The fourth-order valence-electron chi connectivity index (χ4n) is 3.45. The number of rotatable bonds is 0. The maximum Gasteiger partial charge on any atom is -0.0235 e. The van der Waals surface area contributed by atoms with Gasteiger partial charge in [0.1, 0.15) is 0 Å². The molecule has 0 spiro atoms. The van der Waals surface area contributed by atoms with E-state index in [2.05, 4.69) is 36.4 Å². The molecule has 18 heavy (non-hydrogen) atoms. The van der Waals surface area contributed by atoms with Gasteiger partial charge in [0, 0.05) is 0 Å². The minimum absolute atomic E-state index is 1.19. The Morgan fingerprint density at radius 3 is 1.39 bits per heavy atom. The summed E-state index contributed by atoms with van der Waals surface area (Å²) in [4.78, 5) is 0. The summed E-state index contributed by atoms with van der Waals surface area (Å²) in [5.74, 6) is 0. The van der Waals surface area contributed by atoms with E-state index >= 15 is 0 Å². The highest BCUT2D eigenvalue weighted by molar-refractivity contribution is 5.40. The maximum absolute atomic E-state index is 2.46. The van der Waals surface area contributed by atoms with Crippen molar-refractivity contribution in [2.75, 3.05) is 0 Å². The molecule has 90 valence electrons. The summed E-state index contributed by atoms with van der Waals surface area (Å²) in [5.41, 5.74) is 9.39. The van der Waals surface area contributed by atoms with Crippen LogP contribution in [-0.2, 0) is 38.5 Å². The lowest BCUT2D eigenvalue weighted by molar-refractivity contribution is 0.820. The van der Waals surface area contributed by atoms with E-state index in [0.29, 0.717) is 0 Å². The molecule has 4 bridgehead atoms. The summed E-state index contributed by atoms with van der Waals surface area (Å²) in [6.45, 7) is 0. The molecular weight excluding hydrogens is 216 g/mol. The van der Waals surface area contributed by atoms with E-state index in [1.54, 1.807) is 22.3 Å². The highest BCUT2D eigenvalue weighted by Gasteiger charge is 2.14. The van der Waals surface area contributed by atoms with E-state index in [0.717, 1.165) is 0 Å². The van der Waals surface area contributed by atoms with E-state index < -0.39 is 0 Å². The molecule has 0 fully saturated rings. The first kappa shape index (κ1) is 10.4. The number of benzene rings is 2. The first-order valence-electron chi connectivity index (χ1n) is 7.10. The Balaban J connectivity index is 1.92. The molecule has 0 amide bonds. The van der Waals surface area contributed by atoms with Crippen LogP contribution in [0, 0.1) is 0 Å². The lowest BCUT2D eigenvalue weighted by atomic mass is 9.85. The van der Waals surface area contributed by atoms with Gasteiger partial charge < -0.3 is 0 Å². The molecule has 4 rings (SSSR count). The monoisotopic (exact) mass is 234 g/mol. The van der Waals surface area contributed by atoms with Gasteiger partial charge >= 0.3 is 0 Å². The second-order valence-electron chi connectivity index (χ2n) is 5.71. The number of fused-ring (bicyclic) bond motifs is 3. The van der Waals surface area contributed by atoms with Gasteiger partial charge in [-0.2, -0.15) is 0 Å². The van der Waals surface area contributed by atoms with Gasteiger partial charge in [-0.25, -0.2) is 0 Å². The zero-order chi connectivity index (χ0) is 11.9. The molecule has 0 heteroatoms. The third-order valence-corrected chi connectivity index (χ3v) is 4.57. The van der Waals surface area contributed by atoms with Crippen LogP contribution >= 0.6 is 0 Å². The van der Waals surface area contributed by atoms with E-state index in [1.807, 2.05) is 0 Å². The van der Waals surface area contributed by atoms with Crippen LogP contribution in [0.2, 0.25) is 0 Å². The van der Waals surface area contributed by atoms with Gasteiger partial charge in [0.05, 0.1) is 0 Å². The van der Waals surface area contributed by atoms with Crippen molar-refractivity contribution in [2.24, 2.45) is 0 Å². The Kier molecular flexibility index (Phi) is 2.29. The Morgan fingerprint density at radius 2 is 0.889 bits per heavy atom. The molecular formula is C18H18. The maximum atomic E-state index is 2.46. The number of aryl methyl sites for hydroxylation is 6. The van der Waals surface area contributed by atoms with Crippen molar-refractivity contribution in [1.29, 1.82) is 0 Å². The normalized spacial score (nSPS) is 16.7. The molecule has 0 N–H and O–H groups in total. The highest BCUT2D eigenvalue weighted by Crippen LogP contribution is 2.26. The average Bonchev–Trinajstić information content (AvgIpc) is 2.37. The fourth-order valence-corrected chi connectivity index (χ4v) is 3.45. The fraction of sp³-hybridized carbons (Fsp3) is 0.333. The van der Waals surface area contributed by atoms with Crippen molar-refractivity contribution < 1.29 is 0 Å². The summed E-state index contributed by atoms with van der Waals surface area (Å²) >= 11 is 0. The van der Waals surface area contributed by atoms with E-state index in [4.69, 9.17) is 0 Å². The summed E-state index contributed by atoms with van der Waals surface area (Å²) < 4.78 is 0. The Labute approximate surface area is 109 Å². The lowest BCUT2D eigenvalue weighted by Crippen LogP contribution is -2.09. The van der Waals surface area contributed by atoms with Gasteiger partial charge in [-0.1, -0.05) is 36.4 Å². The van der Waals surface area contributed by atoms with Crippen molar-refractivity contribution >= 4 is 0 Å². The molecule has 0 nitrogen and oxygen atoms in total. The second kappa shape index (κ2) is 3.98. The number of hydrogen-bond acceptors (Lipinski definition) is 0.